The average Bonchev–Trinajstić information content (AvgIpc) is 2.94. The van der Waals surface area contributed by atoms with E-state index < -0.39 is 14.9 Å². The normalized spacial score (nSPS) is 17.8. The molecule has 10 heteroatoms. The van der Waals surface area contributed by atoms with Crippen molar-refractivity contribution in [2.45, 2.75) is 37.8 Å². The highest BCUT2D eigenvalue weighted by Crippen LogP contribution is 2.31. The number of fused-ring (bicyclic) bond motifs is 1. The minimum atomic E-state index is -3.96. The second-order valence-electron chi connectivity index (χ2n) is 5.43. The van der Waals surface area contributed by atoms with Crippen LogP contribution < -0.4 is 4.31 Å². The molecule has 0 bridgehead atoms. The Balaban J connectivity index is 2.13. The zero-order valence-corrected chi connectivity index (χ0v) is 13.4. The van der Waals surface area contributed by atoms with Gasteiger partial charge in [-0.15, -0.1) is 0 Å². The Bertz CT molecular complexity index is 876. The predicted molar refractivity (Wildman–Crippen MR) is 81.6 cm³/mol. The molecule has 1 aliphatic rings. The Kier molecular flexibility index (Phi) is 3.55. The van der Waals surface area contributed by atoms with E-state index >= 15 is 0 Å². The molecule has 2 aromatic rings. The van der Waals surface area contributed by atoms with Gasteiger partial charge in [-0.3, -0.25) is 10.1 Å². The fourth-order valence-electron chi connectivity index (χ4n) is 2.61. The number of hydrogen-bond acceptors (Lipinski definition) is 6. The van der Waals surface area contributed by atoms with E-state index in [-0.39, 0.29) is 22.6 Å². The lowest BCUT2D eigenvalue weighted by molar-refractivity contribution is -0.385. The summed E-state index contributed by atoms with van der Waals surface area (Å²) in [6.45, 7) is 3.92. The molecule has 0 amide bonds. The monoisotopic (exact) mass is 337 g/mol. The number of aromatic nitrogens is 3. The number of nitrogens with zero attached hydrogens (tertiary/aromatic N) is 5. The van der Waals surface area contributed by atoms with Crippen molar-refractivity contribution in [2.75, 3.05) is 4.31 Å². The lowest BCUT2D eigenvalue weighted by atomic mass is 10.2. The van der Waals surface area contributed by atoms with Gasteiger partial charge in [-0.25, -0.2) is 17.4 Å². The minimum Gasteiger partial charge on any atom is -0.258 e. The third-order valence-corrected chi connectivity index (χ3v) is 5.78. The molecule has 0 saturated carbocycles. The molecule has 0 spiro atoms. The molecule has 0 aliphatic carbocycles. The van der Waals surface area contributed by atoms with Crippen LogP contribution in [0, 0.1) is 17.0 Å². The summed E-state index contributed by atoms with van der Waals surface area (Å²) < 4.78 is 28.6. The Morgan fingerprint density at radius 1 is 1.39 bits per heavy atom. The Morgan fingerprint density at radius 2 is 2.13 bits per heavy atom. The van der Waals surface area contributed by atoms with Crippen molar-refractivity contribution >= 4 is 21.7 Å². The van der Waals surface area contributed by atoms with Crippen molar-refractivity contribution in [3.8, 4) is 0 Å². The molecule has 2 heterocycles. The van der Waals surface area contributed by atoms with E-state index in [1.807, 2.05) is 0 Å². The molecule has 0 radical (unpaired) electrons. The minimum absolute atomic E-state index is 0.127. The number of rotatable bonds is 3. The molecule has 0 saturated heterocycles. The molecule has 3 rings (SSSR count). The summed E-state index contributed by atoms with van der Waals surface area (Å²) >= 11 is 0. The van der Waals surface area contributed by atoms with E-state index in [0.717, 1.165) is 6.07 Å². The van der Waals surface area contributed by atoms with Crippen molar-refractivity contribution in [1.82, 2.24) is 14.8 Å². The summed E-state index contributed by atoms with van der Waals surface area (Å²) in [4.78, 5) is 14.4. The van der Waals surface area contributed by atoms with E-state index in [1.54, 1.807) is 13.8 Å². The average molecular weight is 337 g/mol. The van der Waals surface area contributed by atoms with Crippen LogP contribution in [0.5, 0.6) is 0 Å². The quantitative estimate of drug-likeness (QED) is 0.619. The molecule has 9 nitrogen and oxygen atoms in total. The first-order chi connectivity index (χ1) is 10.8. The highest BCUT2D eigenvalue weighted by Gasteiger charge is 2.36. The molecule has 23 heavy (non-hydrogen) atoms. The second-order valence-corrected chi connectivity index (χ2v) is 7.24. The van der Waals surface area contributed by atoms with Gasteiger partial charge < -0.3 is 0 Å². The summed E-state index contributed by atoms with van der Waals surface area (Å²) in [7, 11) is -3.96. The van der Waals surface area contributed by atoms with Crippen LogP contribution >= 0.6 is 0 Å². The lowest BCUT2D eigenvalue weighted by Crippen LogP contribution is -2.44. The third kappa shape index (κ3) is 2.44. The van der Waals surface area contributed by atoms with Gasteiger partial charge in [-0.2, -0.15) is 10.1 Å². The number of anilines is 1. The first kappa shape index (κ1) is 15.4. The van der Waals surface area contributed by atoms with Gasteiger partial charge in [0.2, 0.25) is 5.95 Å². The first-order valence-electron chi connectivity index (χ1n) is 6.99. The smallest absolute Gasteiger partial charge is 0.258 e. The van der Waals surface area contributed by atoms with E-state index in [4.69, 9.17) is 0 Å². The number of hydrogen-bond donors (Lipinski definition) is 0. The Morgan fingerprint density at radius 3 is 2.83 bits per heavy atom. The number of nitro benzene ring substituents is 1. The molecular formula is C13H15N5O4S. The summed E-state index contributed by atoms with van der Waals surface area (Å²) in [5.74, 6) is 0.229. The van der Waals surface area contributed by atoms with Gasteiger partial charge in [0.15, 0.2) is 0 Å². The zero-order valence-electron chi connectivity index (χ0n) is 12.6. The number of benzene rings is 1. The van der Waals surface area contributed by atoms with Crippen LogP contribution in [-0.2, 0) is 16.6 Å². The predicted octanol–water partition coefficient (Wildman–Crippen LogP) is 1.48. The second kappa shape index (κ2) is 5.30. The van der Waals surface area contributed by atoms with Gasteiger partial charge in [-0.1, -0.05) is 6.07 Å². The maximum atomic E-state index is 13.0. The highest BCUT2D eigenvalue weighted by molar-refractivity contribution is 7.92. The van der Waals surface area contributed by atoms with Crippen LogP contribution in [0.3, 0.4) is 0 Å². The SMILES string of the molecule is Cc1ccc(S(=O)(=O)N2c3ncnn3CCC2C)cc1[N+](=O)[O-]. The molecule has 1 atom stereocenters. The van der Waals surface area contributed by atoms with Crippen LogP contribution in [0.15, 0.2) is 29.4 Å². The van der Waals surface area contributed by atoms with Gasteiger partial charge in [0, 0.05) is 24.2 Å². The maximum absolute atomic E-state index is 13.0. The topological polar surface area (TPSA) is 111 Å². The highest BCUT2D eigenvalue weighted by atomic mass is 32.2. The lowest BCUT2D eigenvalue weighted by Gasteiger charge is -2.32. The largest absolute Gasteiger partial charge is 0.273 e. The van der Waals surface area contributed by atoms with E-state index in [0.29, 0.717) is 18.5 Å². The van der Waals surface area contributed by atoms with Gasteiger partial charge in [0.1, 0.15) is 6.33 Å². The van der Waals surface area contributed by atoms with Crippen molar-refractivity contribution in [3.05, 3.63) is 40.2 Å². The van der Waals surface area contributed by atoms with Crippen molar-refractivity contribution in [3.63, 3.8) is 0 Å². The van der Waals surface area contributed by atoms with Crippen LogP contribution in [0.25, 0.3) is 0 Å². The first-order valence-corrected chi connectivity index (χ1v) is 8.43. The van der Waals surface area contributed by atoms with Gasteiger partial charge in [-0.05, 0) is 26.3 Å². The number of sulfonamides is 1. The maximum Gasteiger partial charge on any atom is 0.273 e. The summed E-state index contributed by atoms with van der Waals surface area (Å²) in [5.41, 5.74) is 0.181. The van der Waals surface area contributed by atoms with Crippen LogP contribution in [0.1, 0.15) is 18.9 Å². The van der Waals surface area contributed by atoms with Crippen LogP contribution in [0.4, 0.5) is 11.6 Å². The van der Waals surface area contributed by atoms with Crippen molar-refractivity contribution < 1.29 is 13.3 Å². The number of nitro groups is 1. The third-order valence-electron chi connectivity index (χ3n) is 3.89. The fraction of sp³-hybridized carbons (Fsp3) is 0.385. The molecule has 1 aromatic carbocycles. The molecule has 122 valence electrons. The van der Waals surface area contributed by atoms with Gasteiger partial charge in [0.25, 0.3) is 15.7 Å². The summed E-state index contributed by atoms with van der Waals surface area (Å²) in [6.07, 6.45) is 1.89. The van der Waals surface area contributed by atoms with E-state index in [9.17, 15) is 18.5 Å². The Hall–Kier alpha value is -2.49. The van der Waals surface area contributed by atoms with Crippen LogP contribution in [0.2, 0.25) is 0 Å². The molecule has 0 N–H and O–H groups in total. The van der Waals surface area contributed by atoms with E-state index in [2.05, 4.69) is 10.1 Å². The molecule has 1 aliphatic heterocycles. The molecular weight excluding hydrogens is 322 g/mol. The van der Waals surface area contributed by atoms with Crippen molar-refractivity contribution in [1.29, 1.82) is 0 Å². The molecule has 1 unspecified atom stereocenters. The zero-order chi connectivity index (χ0) is 16.8. The standard InChI is InChI=1S/C13H15N5O4S/c1-9-3-4-11(7-12(9)18(19)20)23(21,22)17-10(2)5-6-16-13(17)14-8-15-16/h3-4,7-8,10H,5-6H2,1-2H3. The molecule has 1 aromatic heterocycles. The van der Waals surface area contributed by atoms with Gasteiger partial charge in [0.05, 0.1) is 9.82 Å². The van der Waals surface area contributed by atoms with E-state index in [1.165, 1.54) is 27.4 Å². The fourth-order valence-corrected chi connectivity index (χ4v) is 4.28. The van der Waals surface area contributed by atoms with Crippen molar-refractivity contribution in [2.24, 2.45) is 0 Å². The number of aryl methyl sites for hydroxylation is 2. The molecule has 0 fully saturated rings. The summed E-state index contributed by atoms with van der Waals surface area (Å²) in [6, 6.07) is 3.59. The van der Waals surface area contributed by atoms with Crippen LogP contribution in [-0.4, -0.2) is 34.1 Å². The Labute approximate surface area is 132 Å². The van der Waals surface area contributed by atoms with Gasteiger partial charge >= 0.3 is 0 Å². The summed E-state index contributed by atoms with van der Waals surface area (Å²) in [5, 5.41) is 15.1.